The van der Waals surface area contributed by atoms with Crippen molar-refractivity contribution in [1.29, 1.82) is 0 Å². The molecule has 2 amide bonds. The van der Waals surface area contributed by atoms with Gasteiger partial charge in [-0.05, 0) is 35.7 Å². The first kappa shape index (κ1) is 20.9. The highest BCUT2D eigenvalue weighted by atomic mass is 16.3. The van der Waals surface area contributed by atoms with Gasteiger partial charge >= 0.3 is 0 Å². The summed E-state index contributed by atoms with van der Waals surface area (Å²) in [5, 5.41) is 3.08. The van der Waals surface area contributed by atoms with E-state index >= 15 is 0 Å². The van der Waals surface area contributed by atoms with Crippen LogP contribution in [0.3, 0.4) is 0 Å². The van der Waals surface area contributed by atoms with Crippen LogP contribution in [-0.4, -0.2) is 54.3 Å². The predicted octanol–water partition coefficient (Wildman–Crippen LogP) is 3.58. The van der Waals surface area contributed by atoms with E-state index in [4.69, 9.17) is 4.42 Å². The van der Waals surface area contributed by atoms with E-state index in [-0.39, 0.29) is 17.9 Å². The van der Waals surface area contributed by atoms with Gasteiger partial charge in [-0.3, -0.25) is 14.5 Å². The molecule has 0 aliphatic carbocycles. The van der Waals surface area contributed by atoms with E-state index in [2.05, 4.69) is 46.6 Å². The Morgan fingerprint density at radius 2 is 1.58 bits per heavy atom. The monoisotopic (exact) mass is 417 g/mol. The van der Waals surface area contributed by atoms with Crippen LogP contribution < -0.4 is 5.32 Å². The molecule has 0 spiro atoms. The molecule has 1 aliphatic rings. The highest BCUT2D eigenvalue weighted by Gasteiger charge is 2.24. The molecule has 2 aromatic carbocycles. The molecule has 6 nitrogen and oxygen atoms in total. The predicted molar refractivity (Wildman–Crippen MR) is 119 cm³/mol. The third-order valence-corrected chi connectivity index (χ3v) is 5.65. The number of nitrogens with zero attached hydrogens (tertiary/aromatic N) is 2. The van der Waals surface area contributed by atoms with Crippen molar-refractivity contribution < 1.29 is 14.0 Å². The van der Waals surface area contributed by atoms with Gasteiger partial charge in [-0.1, -0.05) is 54.6 Å². The summed E-state index contributed by atoms with van der Waals surface area (Å²) >= 11 is 0. The molecular formula is C25H27N3O3. The van der Waals surface area contributed by atoms with Gasteiger partial charge in [0.2, 0.25) is 5.91 Å². The Balaban J connectivity index is 1.25. The van der Waals surface area contributed by atoms with Crippen molar-refractivity contribution in [3.8, 4) is 11.1 Å². The molecule has 160 valence electrons. The van der Waals surface area contributed by atoms with E-state index in [0.717, 1.165) is 11.1 Å². The number of benzene rings is 2. The molecule has 1 atom stereocenters. The average Bonchev–Trinajstić information content (AvgIpc) is 3.35. The first-order chi connectivity index (χ1) is 15.1. The molecule has 0 saturated carbocycles. The molecular weight excluding hydrogens is 390 g/mol. The number of carbonyl (C=O) groups excluding carboxylic acids is 2. The van der Waals surface area contributed by atoms with E-state index in [0.29, 0.717) is 38.5 Å². The molecule has 1 fully saturated rings. The Morgan fingerprint density at radius 3 is 2.23 bits per heavy atom. The lowest BCUT2D eigenvalue weighted by Crippen LogP contribution is -2.51. The van der Waals surface area contributed by atoms with Crippen molar-refractivity contribution in [3.63, 3.8) is 0 Å². The lowest BCUT2D eigenvalue weighted by Gasteiger charge is -2.34. The zero-order valence-electron chi connectivity index (χ0n) is 17.7. The van der Waals surface area contributed by atoms with Crippen molar-refractivity contribution in [3.05, 3.63) is 84.3 Å². The van der Waals surface area contributed by atoms with Crippen LogP contribution in [0.15, 0.2) is 77.4 Å². The number of nitrogens with one attached hydrogen (secondary N) is 1. The van der Waals surface area contributed by atoms with Crippen LogP contribution >= 0.6 is 0 Å². The number of hydrogen-bond donors (Lipinski definition) is 1. The van der Waals surface area contributed by atoms with Gasteiger partial charge < -0.3 is 14.6 Å². The second kappa shape index (κ2) is 9.62. The summed E-state index contributed by atoms with van der Waals surface area (Å²) in [4.78, 5) is 28.7. The van der Waals surface area contributed by atoms with Crippen LogP contribution in [0.5, 0.6) is 0 Å². The van der Waals surface area contributed by atoms with Crippen molar-refractivity contribution in [2.45, 2.75) is 13.0 Å². The van der Waals surface area contributed by atoms with Gasteiger partial charge in [-0.2, -0.15) is 0 Å². The van der Waals surface area contributed by atoms with Gasteiger partial charge in [0.05, 0.1) is 18.8 Å². The van der Waals surface area contributed by atoms with Crippen molar-refractivity contribution in [2.24, 2.45) is 0 Å². The average molecular weight is 418 g/mol. The van der Waals surface area contributed by atoms with Gasteiger partial charge in [-0.15, -0.1) is 0 Å². The normalized spacial score (nSPS) is 15.5. The molecule has 1 saturated heterocycles. The summed E-state index contributed by atoms with van der Waals surface area (Å²) in [6, 6.07) is 21.8. The summed E-state index contributed by atoms with van der Waals surface area (Å²) in [5.41, 5.74) is 3.40. The first-order valence-electron chi connectivity index (χ1n) is 10.6. The zero-order chi connectivity index (χ0) is 21.6. The van der Waals surface area contributed by atoms with E-state index < -0.39 is 0 Å². The Hall–Kier alpha value is -3.38. The highest BCUT2D eigenvalue weighted by molar-refractivity contribution is 5.91. The quantitative estimate of drug-likeness (QED) is 0.666. The molecule has 4 rings (SSSR count). The van der Waals surface area contributed by atoms with E-state index in [1.54, 1.807) is 17.0 Å². The maximum absolute atomic E-state index is 12.5. The summed E-state index contributed by atoms with van der Waals surface area (Å²) in [6.45, 7) is 4.83. The van der Waals surface area contributed by atoms with Gasteiger partial charge in [0.25, 0.3) is 5.91 Å². The molecule has 2 heterocycles. The van der Waals surface area contributed by atoms with Crippen LogP contribution in [-0.2, 0) is 4.79 Å². The van der Waals surface area contributed by atoms with Crippen LogP contribution in [0.2, 0.25) is 0 Å². The molecule has 0 radical (unpaired) electrons. The fourth-order valence-electron chi connectivity index (χ4n) is 3.83. The number of carbonyl (C=O) groups is 2. The molecule has 1 aromatic heterocycles. The smallest absolute Gasteiger partial charge is 0.289 e. The molecule has 31 heavy (non-hydrogen) atoms. The third-order valence-electron chi connectivity index (χ3n) is 5.65. The summed E-state index contributed by atoms with van der Waals surface area (Å²) in [6.07, 6.45) is 1.50. The SMILES string of the molecule is CC(NC(=O)CN1CCN(C(=O)c2ccco2)CC1)c1ccc(-c2ccccc2)cc1. The Bertz CT molecular complexity index is 992. The topological polar surface area (TPSA) is 65.8 Å². The Morgan fingerprint density at radius 1 is 0.903 bits per heavy atom. The van der Waals surface area contributed by atoms with Crippen LogP contribution in [0.4, 0.5) is 0 Å². The maximum Gasteiger partial charge on any atom is 0.289 e. The molecule has 1 N–H and O–H groups in total. The fraction of sp³-hybridized carbons (Fsp3) is 0.280. The number of hydrogen-bond acceptors (Lipinski definition) is 4. The molecule has 6 heteroatoms. The Kier molecular flexibility index (Phi) is 6.48. The second-order valence-corrected chi connectivity index (χ2v) is 7.82. The number of piperazine rings is 1. The lowest BCUT2D eigenvalue weighted by molar-refractivity contribution is -0.123. The standard InChI is InChI=1S/C25H27N3O3/c1-19(20-9-11-22(12-10-20)21-6-3-2-4-7-21)26-24(29)18-27-13-15-28(16-14-27)25(30)23-8-5-17-31-23/h2-12,17,19H,13-16,18H2,1H3,(H,26,29). The van der Waals surface area contributed by atoms with Gasteiger partial charge in [0.1, 0.15) is 0 Å². The largest absolute Gasteiger partial charge is 0.459 e. The number of rotatable bonds is 6. The van der Waals surface area contributed by atoms with Gasteiger partial charge in [0, 0.05) is 26.2 Å². The number of amides is 2. The summed E-state index contributed by atoms with van der Waals surface area (Å²) in [5.74, 6) is 0.255. The molecule has 3 aromatic rings. The minimum Gasteiger partial charge on any atom is -0.459 e. The van der Waals surface area contributed by atoms with Gasteiger partial charge in [0.15, 0.2) is 5.76 Å². The fourth-order valence-corrected chi connectivity index (χ4v) is 3.83. The Labute approximate surface area is 182 Å². The summed E-state index contributed by atoms with van der Waals surface area (Å²) in [7, 11) is 0. The van der Waals surface area contributed by atoms with Crippen molar-refractivity contribution in [2.75, 3.05) is 32.7 Å². The van der Waals surface area contributed by atoms with Crippen LogP contribution in [0.25, 0.3) is 11.1 Å². The minimum absolute atomic E-state index is 0.00885. The van der Waals surface area contributed by atoms with E-state index in [1.807, 2.05) is 25.1 Å². The van der Waals surface area contributed by atoms with Crippen LogP contribution in [0.1, 0.15) is 29.1 Å². The van der Waals surface area contributed by atoms with Gasteiger partial charge in [-0.25, -0.2) is 0 Å². The van der Waals surface area contributed by atoms with Crippen molar-refractivity contribution >= 4 is 11.8 Å². The van der Waals surface area contributed by atoms with E-state index in [1.165, 1.54) is 11.8 Å². The maximum atomic E-state index is 12.5. The third kappa shape index (κ3) is 5.22. The zero-order valence-corrected chi connectivity index (χ0v) is 17.7. The number of furan rings is 1. The molecule has 0 bridgehead atoms. The van der Waals surface area contributed by atoms with Crippen molar-refractivity contribution in [1.82, 2.24) is 15.1 Å². The van der Waals surface area contributed by atoms with Crippen LogP contribution in [0, 0.1) is 0 Å². The summed E-state index contributed by atoms with van der Waals surface area (Å²) < 4.78 is 5.19. The first-order valence-corrected chi connectivity index (χ1v) is 10.6. The highest BCUT2D eigenvalue weighted by Crippen LogP contribution is 2.21. The van der Waals surface area contributed by atoms with E-state index in [9.17, 15) is 9.59 Å². The minimum atomic E-state index is -0.0957. The second-order valence-electron chi connectivity index (χ2n) is 7.82. The molecule has 1 unspecified atom stereocenters. The lowest BCUT2D eigenvalue weighted by atomic mass is 10.0. The molecule has 1 aliphatic heterocycles.